The van der Waals surface area contributed by atoms with E-state index >= 15 is 0 Å². The van der Waals surface area contributed by atoms with Gasteiger partial charge in [0.05, 0.1) is 25.2 Å². The molecule has 0 bridgehead atoms. The average molecular weight is 355 g/mol. The largest absolute Gasteiger partial charge is 0.438 e. The molecule has 0 spiro atoms. The summed E-state index contributed by atoms with van der Waals surface area (Å²) in [6, 6.07) is 11.9. The number of unbranched alkanes of at least 4 members (excludes halogenated alkanes) is 1. The van der Waals surface area contributed by atoms with Crippen LogP contribution < -0.4 is 5.32 Å². The fraction of sp³-hybridized carbons (Fsp3) is 0.400. The number of nitrogens with one attached hydrogen (secondary N) is 1. The molecule has 1 N–H and O–H groups in total. The van der Waals surface area contributed by atoms with E-state index in [9.17, 15) is 0 Å². The summed E-state index contributed by atoms with van der Waals surface area (Å²) < 4.78 is 16.9. The SMILES string of the molecule is CCCCOCCOCCNc1ncnc2oc(-c3ccccc3)cc12. The van der Waals surface area contributed by atoms with Gasteiger partial charge in [0, 0.05) is 18.7 Å². The van der Waals surface area contributed by atoms with E-state index < -0.39 is 0 Å². The third-order valence-electron chi connectivity index (χ3n) is 3.94. The van der Waals surface area contributed by atoms with Gasteiger partial charge in [0.15, 0.2) is 0 Å². The molecule has 3 rings (SSSR count). The topological polar surface area (TPSA) is 69.4 Å². The molecule has 0 fully saturated rings. The summed E-state index contributed by atoms with van der Waals surface area (Å²) in [5, 5.41) is 4.16. The van der Waals surface area contributed by atoms with Gasteiger partial charge in [-0.3, -0.25) is 0 Å². The quantitative estimate of drug-likeness (QED) is 0.522. The van der Waals surface area contributed by atoms with Crippen molar-refractivity contribution >= 4 is 16.9 Å². The monoisotopic (exact) mass is 355 g/mol. The van der Waals surface area contributed by atoms with Crippen LogP contribution in [0.25, 0.3) is 22.4 Å². The Kier molecular flexibility index (Phi) is 6.98. The van der Waals surface area contributed by atoms with Crippen molar-refractivity contribution in [2.24, 2.45) is 0 Å². The Bertz CT molecular complexity index is 789. The van der Waals surface area contributed by atoms with Crippen LogP contribution in [0.3, 0.4) is 0 Å². The molecular formula is C20H25N3O3. The van der Waals surface area contributed by atoms with Gasteiger partial charge in [0.1, 0.15) is 17.9 Å². The predicted octanol–water partition coefficient (Wildman–Crippen LogP) is 4.14. The number of furan rings is 1. The van der Waals surface area contributed by atoms with Crippen LogP contribution in [0.15, 0.2) is 47.1 Å². The molecule has 6 nitrogen and oxygen atoms in total. The van der Waals surface area contributed by atoms with E-state index in [2.05, 4.69) is 22.2 Å². The minimum Gasteiger partial charge on any atom is -0.438 e. The molecule has 1 aromatic carbocycles. The molecule has 0 radical (unpaired) electrons. The number of aromatic nitrogens is 2. The van der Waals surface area contributed by atoms with Gasteiger partial charge in [0.25, 0.3) is 0 Å². The summed E-state index contributed by atoms with van der Waals surface area (Å²) in [4.78, 5) is 8.53. The minimum atomic E-state index is 0.576. The van der Waals surface area contributed by atoms with Crippen LogP contribution in [0.5, 0.6) is 0 Å². The average Bonchev–Trinajstić information content (AvgIpc) is 3.12. The maximum atomic E-state index is 5.85. The normalized spacial score (nSPS) is 11.1. The van der Waals surface area contributed by atoms with Gasteiger partial charge in [-0.15, -0.1) is 0 Å². The summed E-state index contributed by atoms with van der Waals surface area (Å²) in [6.07, 6.45) is 3.75. The molecule has 0 amide bonds. The molecule has 2 heterocycles. The van der Waals surface area contributed by atoms with Gasteiger partial charge in [-0.1, -0.05) is 43.7 Å². The zero-order valence-electron chi connectivity index (χ0n) is 15.1. The number of rotatable bonds is 11. The maximum absolute atomic E-state index is 5.85. The summed E-state index contributed by atoms with van der Waals surface area (Å²) in [7, 11) is 0. The smallest absolute Gasteiger partial charge is 0.231 e. The fourth-order valence-corrected chi connectivity index (χ4v) is 2.55. The molecule has 26 heavy (non-hydrogen) atoms. The van der Waals surface area contributed by atoms with Gasteiger partial charge in [0.2, 0.25) is 5.71 Å². The van der Waals surface area contributed by atoms with Crippen molar-refractivity contribution in [1.29, 1.82) is 0 Å². The highest BCUT2D eigenvalue weighted by molar-refractivity contribution is 5.89. The molecule has 0 aliphatic heterocycles. The third-order valence-corrected chi connectivity index (χ3v) is 3.94. The number of nitrogens with zero attached hydrogens (tertiary/aromatic N) is 2. The number of ether oxygens (including phenoxy) is 2. The molecule has 6 heteroatoms. The molecule has 0 saturated heterocycles. The molecule has 0 atom stereocenters. The van der Waals surface area contributed by atoms with E-state index in [1.807, 2.05) is 36.4 Å². The van der Waals surface area contributed by atoms with E-state index in [1.54, 1.807) is 0 Å². The van der Waals surface area contributed by atoms with Gasteiger partial charge < -0.3 is 19.2 Å². The lowest BCUT2D eigenvalue weighted by Gasteiger charge is -2.07. The first-order valence-electron chi connectivity index (χ1n) is 9.08. The molecule has 138 valence electrons. The van der Waals surface area contributed by atoms with E-state index in [0.717, 1.165) is 42.0 Å². The Morgan fingerprint density at radius 1 is 1.00 bits per heavy atom. The second-order valence-corrected chi connectivity index (χ2v) is 5.92. The molecule has 0 saturated carbocycles. The van der Waals surface area contributed by atoms with E-state index in [1.165, 1.54) is 6.33 Å². The van der Waals surface area contributed by atoms with E-state index in [4.69, 9.17) is 13.9 Å². The number of hydrogen-bond donors (Lipinski definition) is 1. The van der Waals surface area contributed by atoms with E-state index in [0.29, 0.717) is 32.1 Å². The Morgan fingerprint density at radius 3 is 2.62 bits per heavy atom. The third kappa shape index (κ3) is 5.03. The Morgan fingerprint density at radius 2 is 1.81 bits per heavy atom. The number of anilines is 1. The first-order chi connectivity index (χ1) is 12.9. The van der Waals surface area contributed by atoms with Crippen molar-refractivity contribution < 1.29 is 13.9 Å². The minimum absolute atomic E-state index is 0.576. The molecule has 3 aromatic rings. The van der Waals surface area contributed by atoms with Crippen molar-refractivity contribution in [3.05, 3.63) is 42.7 Å². The van der Waals surface area contributed by atoms with Crippen molar-refractivity contribution in [3.8, 4) is 11.3 Å². The van der Waals surface area contributed by atoms with E-state index in [-0.39, 0.29) is 0 Å². The Hall–Kier alpha value is -2.44. The summed E-state index contributed by atoms with van der Waals surface area (Å²) in [6.45, 7) is 5.45. The predicted molar refractivity (Wildman–Crippen MR) is 102 cm³/mol. The van der Waals surface area contributed by atoms with Gasteiger partial charge in [-0.25, -0.2) is 9.97 Å². The van der Waals surface area contributed by atoms with Crippen LogP contribution in [0.2, 0.25) is 0 Å². The lowest BCUT2D eigenvalue weighted by atomic mass is 10.2. The van der Waals surface area contributed by atoms with Crippen LogP contribution in [-0.4, -0.2) is 42.9 Å². The van der Waals surface area contributed by atoms with Crippen LogP contribution in [0.1, 0.15) is 19.8 Å². The highest BCUT2D eigenvalue weighted by Crippen LogP contribution is 2.29. The lowest BCUT2D eigenvalue weighted by molar-refractivity contribution is 0.0505. The number of fused-ring (bicyclic) bond motifs is 1. The zero-order chi connectivity index (χ0) is 18.0. The summed E-state index contributed by atoms with van der Waals surface area (Å²) >= 11 is 0. The van der Waals surface area contributed by atoms with Crippen LogP contribution in [-0.2, 0) is 9.47 Å². The molecular weight excluding hydrogens is 330 g/mol. The lowest BCUT2D eigenvalue weighted by Crippen LogP contribution is -2.13. The van der Waals surface area contributed by atoms with Crippen molar-refractivity contribution in [3.63, 3.8) is 0 Å². The molecule has 0 aliphatic rings. The zero-order valence-corrected chi connectivity index (χ0v) is 15.1. The summed E-state index contributed by atoms with van der Waals surface area (Å²) in [5.41, 5.74) is 1.59. The fourth-order valence-electron chi connectivity index (χ4n) is 2.55. The second kappa shape index (κ2) is 9.89. The van der Waals surface area contributed by atoms with Gasteiger partial charge >= 0.3 is 0 Å². The first-order valence-corrected chi connectivity index (χ1v) is 9.08. The van der Waals surface area contributed by atoms with Crippen molar-refractivity contribution in [1.82, 2.24) is 9.97 Å². The highest BCUT2D eigenvalue weighted by Gasteiger charge is 2.11. The van der Waals surface area contributed by atoms with Gasteiger partial charge in [-0.05, 0) is 12.5 Å². The van der Waals surface area contributed by atoms with Crippen LogP contribution in [0.4, 0.5) is 5.82 Å². The second-order valence-electron chi connectivity index (χ2n) is 5.92. The first kappa shape index (κ1) is 18.4. The van der Waals surface area contributed by atoms with Crippen molar-refractivity contribution in [2.75, 3.05) is 38.3 Å². The standard InChI is InChI=1S/C20H25N3O3/c1-2-3-10-24-12-13-25-11-9-21-19-17-14-18(16-7-5-4-6-8-16)26-20(17)23-15-22-19/h4-8,14-15H,2-3,9-13H2,1H3,(H,21,22,23). The number of benzene rings is 1. The Labute approximate surface area is 153 Å². The van der Waals surface area contributed by atoms with Gasteiger partial charge in [-0.2, -0.15) is 0 Å². The van der Waals surface area contributed by atoms with Crippen LogP contribution in [0, 0.1) is 0 Å². The Balaban J connectivity index is 1.50. The van der Waals surface area contributed by atoms with Crippen molar-refractivity contribution in [2.45, 2.75) is 19.8 Å². The number of hydrogen-bond acceptors (Lipinski definition) is 6. The summed E-state index contributed by atoms with van der Waals surface area (Å²) in [5.74, 6) is 1.54. The molecule has 0 unspecified atom stereocenters. The van der Waals surface area contributed by atoms with Crippen LogP contribution >= 0.6 is 0 Å². The highest BCUT2D eigenvalue weighted by atomic mass is 16.5. The maximum Gasteiger partial charge on any atom is 0.231 e. The molecule has 2 aromatic heterocycles. The molecule has 0 aliphatic carbocycles.